The van der Waals surface area contributed by atoms with Gasteiger partial charge in [-0.05, 0) is 187 Å². The lowest BCUT2D eigenvalue weighted by Gasteiger charge is -2.43. The number of hydrogen-bond donors (Lipinski definition) is 0. The predicted octanol–water partition coefficient (Wildman–Crippen LogP) is 19.2. The van der Waals surface area contributed by atoms with Crippen LogP contribution in [-0.2, 0) is 37.9 Å². The summed E-state index contributed by atoms with van der Waals surface area (Å²) in [7, 11) is 0. The molecule has 0 unspecified atom stereocenters. The Morgan fingerprint density at radius 2 is 0.731 bits per heavy atom. The largest absolute Gasteiger partial charge is 0.310 e. The fourth-order valence-corrected chi connectivity index (χ4v) is 11.0. The van der Waals surface area contributed by atoms with Crippen molar-refractivity contribution in [2.75, 3.05) is 9.80 Å². The second-order valence-corrected chi connectivity index (χ2v) is 26.3. The number of rotatable bonds is 7. The van der Waals surface area contributed by atoms with Gasteiger partial charge in [-0.3, -0.25) is 0 Å². The number of benzene rings is 6. The van der Waals surface area contributed by atoms with E-state index in [0.29, 0.717) is 0 Å². The van der Waals surface area contributed by atoms with Crippen LogP contribution in [0.1, 0.15) is 188 Å². The van der Waals surface area contributed by atoms with Crippen LogP contribution in [0.25, 0.3) is 11.1 Å². The Balaban J connectivity index is 1.42. The molecule has 0 N–H and O–H groups in total. The molecule has 67 heavy (non-hydrogen) atoms. The summed E-state index contributed by atoms with van der Waals surface area (Å²) in [5.74, 6) is 0. The number of hydrogen-bond acceptors (Lipinski definition) is 2. The van der Waals surface area contributed by atoms with Gasteiger partial charge in [-0.25, -0.2) is 0 Å². The van der Waals surface area contributed by atoms with Crippen LogP contribution in [0.5, 0.6) is 0 Å². The first-order valence-electron chi connectivity index (χ1n) is 25.3. The smallest absolute Gasteiger partial charge is 0.0540 e. The highest BCUT2D eigenvalue weighted by molar-refractivity contribution is 5.91. The molecule has 0 radical (unpaired) electrons. The fourth-order valence-electron chi connectivity index (χ4n) is 11.0. The molecule has 6 aromatic rings. The minimum absolute atomic E-state index is 0.0307. The van der Waals surface area contributed by atoms with Crippen LogP contribution in [0.3, 0.4) is 0 Å². The third-order valence-corrected chi connectivity index (χ3v) is 15.9. The Kier molecular flexibility index (Phi) is 12.0. The van der Waals surface area contributed by atoms with Crippen LogP contribution in [0.4, 0.5) is 34.1 Å². The van der Waals surface area contributed by atoms with E-state index in [-0.39, 0.29) is 37.9 Å². The van der Waals surface area contributed by atoms with Crippen molar-refractivity contribution in [3.63, 3.8) is 0 Å². The summed E-state index contributed by atoms with van der Waals surface area (Å²) in [5.41, 5.74) is 21.1. The van der Waals surface area contributed by atoms with Gasteiger partial charge in [-0.1, -0.05) is 172 Å². The van der Waals surface area contributed by atoms with E-state index in [4.69, 9.17) is 0 Å². The predicted molar refractivity (Wildman–Crippen MR) is 293 cm³/mol. The van der Waals surface area contributed by atoms with E-state index in [0.717, 1.165) is 29.2 Å². The maximum absolute atomic E-state index is 2.59. The summed E-state index contributed by atoms with van der Waals surface area (Å²) in [5, 5.41) is 0. The third kappa shape index (κ3) is 9.41. The Morgan fingerprint density at radius 3 is 1.19 bits per heavy atom. The van der Waals surface area contributed by atoms with Gasteiger partial charge in [0.25, 0.3) is 0 Å². The van der Waals surface area contributed by atoms with Gasteiger partial charge in [0, 0.05) is 34.0 Å². The second kappa shape index (κ2) is 16.6. The first-order valence-corrected chi connectivity index (χ1v) is 25.3. The maximum atomic E-state index is 2.59. The van der Waals surface area contributed by atoms with Gasteiger partial charge in [0.15, 0.2) is 0 Å². The summed E-state index contributed by atoms with van der Waals surface area (Å²) in [6.07, 6.45) is 4.73. The van der Waals surface area contributed by atoms with Crippen LogP contribution in [-0.4, -0.2) is 0 Å². The van der Waals surface area contributed by atoms with Gasteiger partial charge < -0.3 is 9.80 Å². The fraction of sp³-hybridized carbons (Fsp3) is 0.446. The van der Waals surface area contributed by atoms with E-state index in [1.165, 1.54) is 86.3 Å². The molecule has 0 aromatic heterocycles. The Bertz CT molecular complexity index is 2730. The monoisotopic (exact) mass is 891 g/mol. The molecule has 0 bridgehead atoms. The van der Waals surface area contributed by atoms with Gasteiger partial charge in [-0.2, -0.15) is 0 Å². The average molecular weight is 891 g/mol. The molecule has 0 amide bonds. The maximum Gasteiger partial charge on any atom is 0.0540 e. The van der Waals surface area contributed by atoms with Gasteiger partial charge in [0.1, 0.15) is 0 Å². The van der Waals surface area contributed by atoms with Crippen LogP contribution in [0, 0.1) is 6.92 Å². The van der Waals surface area contributed by atoms with Crippen molar-refractivity contribution >= 4 is 34.1 Å². The highest BCUT2D eigenvalue weighted by Gasteiger charge is 2.39. The summed E-state index contributed by atoms with van der Waals surface area (Å²) in [6.45, 7) is 42.6. The lowest BCUT2D eigenvalue weighted by molar-refractivity contribution is 0.332. The lowest BCUT2D eigenvalue weighted by Crippen LogP contribution is -2.34. The standard InChI is InChI=1S/C65H82N2/c1-43-37-51(66(48-25-20-45(21-26-48)59(2,3)4)49-27-22-46(23-28-49)60(5,6)7)41-52(38-43)67(50-29-31-55-57(42-50)65(17,18)36-34-63(55,13)14)58-32-24-47(61(8,9)10)40-53(58)44-19-30-54-56(39-44)64(15,16)35-33-62(54,11)12/h19-32,37-42H,33-36H2,1-18H3. The highest BCUT2D eigenvalue weighted by atomic mass is 15.2. The summed E-state index contributed by atoms with van der Waals surface area (Å²) in [4.78, 5) is 5.05. The van der Waals surface area contributed by atoms with Crippen molar-refractivity contribution in [1.29, 1.82) is 0 Å². The zero-order chi connectivity index (χ0) is 48.9. The van der Waals surface area contributed by atoms with Crippen LogP contribution >= 0.6 is 0 Å². The second-order valence-electron chi connectivity index (χ2n) is 26.3. The topological polar surface area (TPSA) is 6.48 Å². The van der Waals surface area contributed by atoms with E-state index >= 15 is 0 Å². The first-order chi connectivity index (χ1) is 31.0. The summed E-state index contributed by atoms with van der Waals surface area (Å²) >= 11 is 0. The Hall–Kier alpha value is -5.08. The van der Waals surface area contributed by atoms with Crippen molar-refractivity contribution in [2.24, 2.45) is 0 Å². The van der Waals surface area contributed by atoms with Gasteiger partial charge in [0.05, 0.1) is 5.69 Å². The molecular weight excluding hydrogens is 809 g/mol. The van der Waals surface area contributed by atoms with Gasteiger partial charge >= 0.3 is 0 Å². The average Bonchev–Trinajstić information content (AvgIpc) is 3.24. The molecule has 0 heterocycles. The zero-order valence-electron chi connectivity index (χ0n) is 44.8. The first kappa shape index (κ1) is 48.4. The van der Waals surface area contributed by atoms with Crippen LogP contribution in [0.15, 0.2) is 121 Å². The van der Waals surface area contributed by atoms with Crippen molar-refractivity contribution in [1.82, 2.24) is 0 Å². The zero-order valence-corrected chi connectivity index (χ0v) is 44.8. The van der Waals surface area contributed by atoms with Crippen LogP contribution < -0.4 is 9.80 Å². The van der Waals surface area contributed by atoms with Crippen molar-refractivity contribution in [2.45, 2.75) is 188 Å². The van der Waals surface area contributed by atoms with Crippen molar-refractivity contribution in [3.05, 3.63) is 166 Å². The third-order valence-electron chi connectivity index (χ3n) is 15.9. The van der Waals surface area contributed by atoms with Crippen molar-refractivity contribution in [3.8, 4) is 11.1 Å². The van der Waals surface area contributed by atoms with Crippen molar-refractivity contribution < 1.29 is 0 Å². The lowest BCUT2D eigenvalue weighted by atomic mass is 9.63. The molecule has 0 saturated carbocycles. The molecule has 0 atom stereocenters. The van der Waals surface area contributed by atoms with Gasteiger partial charge in [0.2, 0.25) is 0 Å². The Morgan fingerprint density at radius 1 is 0.343 bits per heavy atom. The molecule has 352 valence electrons. The summed E-state index contributed by atoms with van der Waals surface area (Å²) in [6, 6.07) is 47.9. The number of aryl methyl sites for hydroxylation is 1. The van der Waals surface area contributed by atoms with Gasteiger partial charge in [-0.15, -0.1) is 0 Å². The summed E-state index contributed by atoms with van der Waals surface area (Å²) < 4.78 is 0. The van der Waals surface area contributed by atoms with E-state index < -0.39 is 0 Å². The molecular formula is C65H82N2. The molecule has 0 aliphatic heterocycles. The van der Waals surface area contributed by atoms with Crippen LogP contribution in [0.2, 0.25) is 0 Å². The molecule has 0 saturated heterocycles. The molecule has 6 aromatic carbocycles. The van der Waals surface area contributed by atoms with E-state index in [9.17, 15) is 0 Å². The normalized spacial score (nSPS) is 17.3. The SMILES string of the molecule is Cc1cc(N(c2ccc(C(C)(C)C)cc2)c2ccc(C(C)(C)C)cc2)cc(N(c2ccc3c(c2)C(C)(C)CCC3(C)C)c2ccc(C(C)(C)C)cc2-c2ccc3c(c2)C(C)(C)CCC3(C)C)c1. The minimum Gasteiger partial charge on any atom is -0.310 e. The highest BCUT2D eigenvalue weighted by Crippen LogP contribution is 2.52. The molecule has 2 aliphatic rings. The molecule has 2 aliphatic carbocycles. The van der Waals surface area contributed by atoms with E-state index in [2.05, 4.69) is 256 Å². The van der Waals surface area contributed by atoms with E-state index in [1.807, 2.05) is 0 Å². The number of nitrogens with zero attached hydrogens (tertiary/aromatic N) is 2. The molecule has 0 fully saturated rings. The molecule has 2 heteroatoms. The molecule has 2 nitrogen and oxygen atoms in total. The minimum atomic E-state index is -0.0307. The quantitative estimate of drug-likeness (QED) is 0.158. The molecule has 8 rings (SSSR count). The number of fused-ring (bicyclic) bond motifs is 2. The Labute approximate surface area is 407 Å². The number of anilines is 6. The molecule has 0 spiro atoms. The van der Waals surface area contributed by atoms with E-state index in [1.54, 1.807) is 0 Å².